The second-order valence-corrected chi connectivity index (χ2v) is 7.71. The summed E-state index contributed by atoms with van der Waals surface area (Å²) >= 11 is 0. The van der Waals surface area contributed by atoms with Crippen LogP contribution in [0.25, 0.3) is 0 Å². The Morgan fingerprint density at radius 1 is 1.19 bits per heavy atom. The quantitative estimate of drug-likeness (QED) is 0.750. The Morgan fingerprint density at radius 3 is 2.50 bits per heavy atom. The van der Waals surface area contributed by atoms with E-state index in [0.717, 1.165) is 6.42 Å². The number of rotatable bonds is 2. The molecule has 3 unspecified atom stereocenters. The van der Waals surface area contributed by atoms with Crippen LogP contribution in [0, 0.1) is 0 Å². The van der Waals surface area contributed by atoms with Gasteiger partial charge in [0.15, 0.2) is 9.84 Å². The highest BCUT2D eigenvalue weighted by Crippen LogP contribution is 2.41. The van der Waals surface area contributed by atoms with Crippen molar-refractivity contribution in [2.75, 3.05) is 12.3 Å². The largest absolute Gasteiger partial charge is 0.329 e. The van der Waals surface area contributed by atoms with Gasteiger partial charge in [0.05, 0.1) is 11.0 Å². The average Bonchev–Trinajstić information content (AvgIpc) is 2.86. The average molecular weight is 244 g/mol. The Balaban J connectivity index is 1.86. The molecule has 16 heavy (non-hydrogen) atoms. The highest BCUT2D eigenvalue weighted by molar-refractivity contribution is 7.92. The van der Waals surface area contributed by atoms with E-state index in [1.165, 1.54) is 25.7 Å². The van der Waals surface area contributed by atoms with Gasteiger partial charge in [-0.2, -0.15) is 0 Å². The minimum atomic E-state index is -2.83. The molecular formula is C11H20N2O2S. The lowest BCUT2D eigenvalue weighted by molar-refractivity contribution is 0.138. The molecule has 3 rings (SSSR count). The second-order valence-electron chi connectivity index (χ2n) is 5.45. The van der Waals surface area contributed by atoms with Crippen LogP contribution in [0.1, 0.15) is 32.1 Å². The second kappa shape index (κ2) is 3.68. The first-order chi connectivity index (χ1) is 7.63. The van der Waals surface area contributed by atoms with E-state index < -0.39 is 9.84 Å². The number of nitrogens with zero attached hydrogens (tertiary/aromatic N) is 1. The van der Waals surface area contributed by atoms with Crippen LogP contribution in [0.5, 0.6) is 0 Å². The van der Waals surface area contributed by atoms with Gasteiger partial charge < -0.3 is 5.73 Å². The van der Waals surface area contributed by atoms with Crippen molar-refractivity contribution >= 4 is 9.84 Å². The lowest BCUT2D eigenvalue weighted by Crippen LogP contribution is -2.55. The minimum absolute atomic E-state index is 0.104. The number of fused-ring (bicyclic) bond motifs is 2. The summed E-state index contributed by atoms with van der Waals surface area (Å²) < 4.78 is 23.7. The normalized spacial score (nSPS) is 43.2. The van der Waals surface area contributed by atoms with Crippen molar-refractivity contribution in [3.8, 4) is 0 Å². The van der Waals surface area contributed by atoms with Crippen LogP contribution in [-0.4, -0.2) is 49.0 Å². The summed E-state index contributed by atoms with van der Waals surface area (Å²) in [6.45, 7) is 0.497. The van der Waals surface area contributed by atoms with Gasteiger partial charge in [-0.1, -0.05) is 12.8 Å². The first-order valence-corrected chi connectivity index (χ1v) is 8.04. The molecule has 2 heterocycles. The predicted molar refractivity (Wildman–Crippen MR) is 62.9 cm³/mol. The Labute approximate surface area is 97.1 Å². The summed E-state index contributed by atoms with van der Waals surface area (Å²) in [5.41, 5.74) is 5.79. The molecule has 0 spiro atoms. The van der Waals surface area contributed by atoms with Gasteiger partial charge in [0, 0.05) is 24.7 Å². The lowest BCUT2D eigenvalue weighted by Gasteiger charge is -2.38. The lowest BCUT2D eigenvalue weighted by atomic mass is 10.1. The first-order valence-electron chi connectivity index (χ1n) is 6.32. The molecule has 0 aromatic heterocycles. The third-order valence-electron chi connectivity index (χ3n) is 4.61. The van der Waals surface area contributed by atoms with Gasteiger partial charge in [-0.15, -0.1) is 0 Å². The fourth-order valence-corrected chi connectivity index (χ4v) is 6.32. The van der Waals surface area contributed by atoms with Crippen LogP contribution >= 0.6 is 0 Å². The van der Waals surface area contributed by atoms with E-state index in [-0.39, 0.29) is 17.3 Å². The molecular weight excluding hydrogens is 224 g/mol. The zero-order valence-electron chi connectivity index (χ0n) is 9.51. The fraction of sp³-hybridized carbons (Fsp3) is 1.00. The molecule has 2 aliphatic heterocycles. The van der Waals surface area contributed by atoms with Crippen LogP contribution in [0.3, 0.4) is 0 Å². The predicted octanol–water partition coefficient (Wildman–Crippen LogP) is 0.128. The first kappa shape index (κ1) is 11.0. The summed E-state index contributed by atoms with van der Waals surface area (Å²) in [4.78, 5) is 2.46. The summed E-state index contributed by atoms with van der Waals surface area (Å²) in [7, 11) is -2.83. The van der Waals surface area contributed by atoms with Crippen LogP contribution in [0.15, 0.2) is 0 Å². The van der Waals surface area contributed by atoms with Gasteiger partial charge in [0.2, 0.25) is 0 Å². The molecule has 0 aromatic rings. The Morgan fingerprint density at radius 2 is 1.88 bits per heavy atom. The summed E-state index contributed by atoms with van der Waals surface area (Å²) in [6, 6.07) is 0.984. The van der Waals surface area contributed by atoms with Gasteiger partial charge >= 0.3 is 0 Å². The smallest absolute Gasteiger partial charge is 0.156 e. The van der Waals surface area contributed by atoms with E-state index in [2.05, 4.69) is 4.90 Å². The van der Waals surface area contributed by atoms with Gasteiger partial charge in [-0.05, 0) is 19.3 Å². The molecule has 1 aliphatic carbocycles. The number of sulfone groups is 1. The molecule has 1 saturated carbocycles. The van der Waals surface area contributed by atoms with Gasteiger partial charge in [-0.25, -0.2) is 8.42 Å². The van der Waals surface area contributed by atoms with Crippen molar-refractivity contribution < 1.29 is 8.42 Å². The van der Waals surface area contributed by atoms with Crippen LogP contribution in [-0.2, 0) is 9.84 Å². The van der Waals surface area contributed by atoms with E-state index in [9.17, 15) is 8.42 Å². The summed E-state index contributed by atoms with van der Waals surface area (Å²) in [6.07, 6.45) is 5.89. The highest BCUT2D eigenvalue weighted by Gasteiger charge is 2.55. The third kappa shape index (κ3) is 1.45. The monoisotopic (exact) mass is 244 g/mol. The third-order valence-corrected chi connectivity index (χ3v) is 6.89. The van der Waals surface area contributed by atoms with E-state index in [4.69, 9.17) is 5.73 Å². The van der Waals surface area contributed by atoms with Crippen molar-refractivity contribution in [2.45, 2.75) is 55.5 Å². The SMILES string of the molecule is NCC1C2CC(CS2(=O)=O)N1C1CCCC1. The van der Waals surface area contributed by atoms with Crippen molar-refractivity contribution in [1.82, 2.24) is 4.90 Å². The number of hydrogen-bond donors (Lipinski definition) is 1. The molecule has 92 valence electrons. The van der Waals surface area contributed by atoms with Crippen LogP contribution in [0.2, 0.25) is 0 Å². The van der Waals surface area contributed by atoms with Crippen molar-refractivity contribution in [3.63, 3.8) is 0 Å². The zero-order chi connectivity index (χ0) is 11.3. The maximum Gasteiger partial charge on any atom is 0.156 e. The van der Waals surface area contributed by atoms with Crippen LogP contribution < -0.4 is 5.73 Å². The molecule has 5 heteroatoms. The molecule has 0 radical (unpaired) electrons. The number of likely N-dealkylation sites (tertiary alicyclic amines) is 1. The van der Waals surface area contributed by atoms with Gasteiger partial charge in [0.1, 0.15) is 0 Å². The Kier molecular flexibility index (Phi) is 2.53. The molecule has 3 fully saturated rings. The Bertz CT molecular complexity index is 375. The topological polar surface area (TPSA) is 63.4 Å². The minimum Gasteiger partial charge on any atom is -0.329 e. The van der Waals surface area contributed by atoms with Gasteiger partial charge in [-0.3, -0.25) is 4.90 Å². The fourth-order valence-electron chi connectivity index (χ4n) is 3.99. The summed E-state index contributed by atoms with van der Waals surface area (Å²) in [5.74, 6) is 0.380. The summed E-state index contributed by atoms with van der Waals surface area (Å²) in [5, 5.41) is -0.164. The number of nitrogens with two attached hydrogens (primary N) is 1. The zero-order valence-corrected chi connectivity index (χ0v) is 10.3. The highest BCUT2D eigenvalue weighted by atomic mass is 32.2. The van der Waals surface area contributed by atoms with Crippen molar-refractivity contribution in [3.05, 3.63) is 0 Å². The molecule has 3 aliphatic rings. The molecule has 2 saturated heterocycles. The molecule has 2 N–H and O–H groups in total. The van der Waals surface area contributed by atoms with Gasteiger partial charge in [0.25, 0.3) is 0 Å². The maximum atomic E-state index is 11.9. The van der Waals surface area contributed by atoms with Crippen molar-refractivity contribution in [2.24, 2.45) is 5.73 Å². The number of hydrogen-bond acceptors (Lipinski definition) is 4. The van der Waals surface area contributed by atoms with Crippen LogP contribution in [0.4, 0.5) is 0 Å². The molecule has 0 amide bonds. The Hall–Kier alpha value is -0.130. The van der Waals surface area contributed by atoms with E-state index in [1.807, 2.05) is 0 Å². The molecule has 4 nitrogen and oxygen atoms in total. The van der Waals surface area contributed by atoms with E-state index in [1.54, 1.807) is 0 Å². The van der Waals surface area contributed by atoms with E-state index >= 15 is 0 Å². The molecule has 2 bridgehead atoms. The van der Waals surface area contributed by atoms with E-state index in [0.29, 0.717) is 18.3 Å². The molecule has 3 atom stereocenters. The maximum absolute atomic E-state index is 11.9. The molecule has 0 aromatic carbocycles. The van der Waals surface area contributed by atoms with Crippen molar-refractivity contribution in [1.29, 1.82) is 0 Å². The standard InChI is InChI=1S/C11H20N2O2S/c12-6-10-11-5-9(7-16(11,14)15)13(10)8-3-1-2-4-8/h8-11H,1-7,12H2.